The van der Waals surface area contributed by atoms with Crippen LogP contribution in [0.3, 0.4) is 0 Å². The zero-order valence-corrected chi connectivity index (χ0v) is 18.3. The Morgan fingerprint density at radius 1 is 1.32 bits per heavy atom. The van der Waals surface area contributed by atoms with Gasteiger partial charge in [0.1, 0.15) is 16.2 Å². The summed E-state index contributed by atoms with van der Waals surface area (Å²) in [6.07, 6.45) is 3.12. The number of nitrogens with zero attached hydrogens (tertiary/aromatic N) is 2. The van der Waals surface area contributed by atoms with Crippen molar-refractivity contribution in [1.29, 1.82) is 5.41 Å². The lowest BCUT2D eigenvalue weighted by Gasteiger charge is -2.54. The van der Waals surface area contributed by atoms with Gasteiger partial charge in [0.05, 0.1) is 18.8 Å². The van der Waals surface area contributed by atoms with Crippen LogP contribution in [0.2, 0.25) is 0 Å². The van der Waals surface area contributed by atoms with E-state index >= 15 is 0 Å². The van der Waals surface area contributed by atoms with Crippen LogP contribution < -0.4 is 15.4 Å². The topological polar surface area (TPSA) is 124 Å². The molecule has 3 aliphatic rings. The van der Waals surface area contributed by atoms with Crippen LogP contribution in [0, 0.1) is 12.3 Å². The van der Waals surface area contributed by atoms with Crippen LogP contribution in [0.15, 0.2) is 30.5 Å². The first-order valence-corrected chi connectivity index (χ1v) is 11.4. The van der Waals surface area contributed by atoms with Crippen molar-refractivity contribution in [3.8, 4) is 5.75 Å². The van der Waals surface area contributed by atoms with Gasteiger partial charge in [0.15, 0.2) is 0 Å². The molecule has 1 aliphatic heterocycles. The molecule has 3 N–H and O–H groups in total. The van der Waals surface area contributed by atoms with Gasteiger partial charge in [-0.2, -0.15) is 0 Å². The van der Waals surface area contributed by atoms with Crippen LogP contribution in [0.25, 0.3) is 0 Å². The number of sulfonamides is 1. The molecule has 1 saturated heterocycles. The molecule has 1 atom stereocenters. The van der Waals surface area contributed by atoms with Crippen molar-refractivity contribution >= 4 is 27.6 Å². The summed E-state index contributed by atoms with van der Waals surface area (Å²) < 4.78 is 31.5. The Morgan fingerprint density at radius 3 is 2.71 bits per heavy atom. The molecule has 0 bridgehead atoms. The Bertz CT molecular complexity index is 1250. The van der Waals surface area contributed by atoms with E-state index in [9.17, 15) is 13.2 Å². The maximum atomic E-state index is 13.1. The normalized spacial score (nSPS) is 24.2. The van der Waals surface area contributed by atoms with Gasteiger partial charge in [0.2, 0.25) is 16.0 Å². The van der Waals surface area contributed by atoms with E-state index in [1.807, 2.05) is 12.1 Å². The lowest BCUT2D eigenvalue weighted by molar-refractivity contribution is 0.102. The molecule has 2 heterocycles. The number of guanidine groups is 1. The Balaban J connectivity index is 1.48. The van der Waals surface area contributed by atoms with E-state index in [0.717, 1.165) is 15.4 Å². The van der Waals surface area contributed by atoms with Gasteiger partial charge >= 0.3 is 0 Å². The molecule has 5 rings (SSSR count). The number of pyridine rings is 1. The predicted octanol–water partition coefficient (Wildman–Crippen LogP) is 1.73. The number of rotatable bonds is 3. The Labute approximate surface area is 180 Å². The van der Waals surface area contributed by atoms with Crippen molar-refractivity contribution in [3.63, 3.8) is 0 Å². The van der Waals surface area contributed by atoms with Gasteiger partial charge in [-0.3, -0.25) is 10.2 Å². The summed E-state index contributed by atoms with van der Waals surface area (Å²) in [6, 6.07) is 7.26. The number of hydrogen-bond donors (Lipinski definition) is 3. The molecule has 162 valence electrons. The Morgan fingerprint density at radius 2 is 2.06 bits per heavy atom. The van der Waals surface area contributed by atoms with Crippen LogP contribution in [-0.4, -0.2) is 48.5 Å². The average Bonchev–Trinajstić information content (AvgIpc) is 3.53. The second-order valence-electron chi connectivity index (χ2n) is 8.39. The summed E-state index contributed by atoms with van der Waals surface area (Å²) in [5, 5.41) is 14.2. The lowest BCUT2D eigenvalue weighted by Crippen LogP contribution is -2.72. The van der Waals surface area contributed by atoms with Gasteiger partial charge in [0, 0.05) is 19.2 Å². The van der Waals surface area contributed by atoms with Crippen molar-refractivity contribution in [2.24, 2.45) is 0 Å². The molecule has 9 nitrogen and oxygen atoms in total. The molecule has 2 spiro atoms. The van der Waals surface area contributed by atoms with Gasteiger partial charge in [-0.1, -0.05) is 6.07 Å². The number of aryl methyl sites for hydroxylation is 1. The van der Waals surface area contributed by atoms with E-state index in [1.165, 1.54) is 20.4 Å². The number of hydrogen-bond acceptors (Lipinski definition) is 6. The van der Waals surface area contributed by atoms with Crippen molar-refractivity contribution < 1.29 is 17.9 Å². The summed E-state index contributed by atoms with van der Waals surface area (Å²) in [4.78, 5) is 17.0. The van der Waals surface area contributed by atoms with E-state index in [2.05, 4.69) is 15.6 Å². The molecule has 0 unspecified atom stereocenters. The number of carbonyl (C=O) groups excluding carboxylic acids is 1. The van der Waals surface area contributed by atoms with Crippen molar-refractivity contribution in [2.75, 3.05) is 19.5 Å². The molecule has 1 saturated carbocycles. The second kappa shape index (κ2) is 6.19. The van der Waals surface area contributed by atoms with Crippen molar-refractivity contribution in [1.82, 2.24) is 14.6 Å². The van der Waals surface area contributed by atoms with Gasteiger partial charge in [-0.05, 0) is 54.7 Å². The molecule has 1 aromatic heterocycles. The Hall–Kier alpha value is -3.14. The van der Waals surface area contributed by atoms with Crippen LogP contribution in [-0.2, 0) is 22.0 Å². The summed E-state index contributed by atoms with van der Waals surface area (Å²) in [5.41, 5.74) is 2.54. The monoisotopic (exact) mass is 441 g/mol. The van der Waals surface area contributed by atoms with Crippen LogP contribution >= 0.6 is 0 Å². The standard InChI is InChI=1S/C21H23N5O4S/c1-12-8-15(30-3)11-23-17(12)18(27)24-14-5-4-13-10-21(16(13)9-14)20(6-7-20)31(28,29)26(2)19(22)25-21/h4-5,8-9,11H,6-7,10H2,1-3H3,(H2,22,25)(H,24,27)/t21-/m1/s1. The van der Waals surface area contributed by atoms with Crippen molar-refractivity contribution in [3.05, 3.63) is 52.8 Å². The van der Waals surface area contributed by atoms with E-state index in [-0.39, 0.29) is 11.9 Å². The van der Waals surface area contributed by atoms with Gasteiger partial charge < -0.3 is 15.4 Å². The largest absolute Gasteiger partial charge is 0.495 e. The Kier molecular flexibility index (Phi) is 3.96. The molecule has 31 heavy (non-hydrogen) atoms. The van der Waals surface area contributed by atoms with E-state index in [1.54, 1.807) is 19.1 Å². The molecule has 1 amide bonds. The summed E-state index contributed by atoms with van der Waals surface area (Å²) in [7, 11) is -0.689. The summed E-state index contributed by atoms with van der Waals surface area (Å²) in [5.74, 6) is 0.0887. The van der Waals surface area contributed by atoms with Gasteiger partial charge in [-0.25, -0.2) is 17.7 Å². The lowest BCUT2D eigenvalue weighted by atomic mass is 9.67. The fourth-order valence-corrected chi connectivity index (χ4v) is 6.98. The average molecular weight is 442 g/mol. The number of methoxy groups -OCH3 is 1. The first-order chi connectivity index (χ1) is 14.6. The van der Waals surface area contributed by atoms with E-state index in [0.29, 0.717) is 42.0 Å². The van der Waals surface area contributed by atoms with Crippen LogP contribution in [0.4, 0.5) is 5.69 Å². The smallest absolute Gasteiger partial charge is 0.274 e. The zero-order valence-electron chi connectivity index (χ0n) is 17.4. The third-order valence-electron chi connectivity index (χ3n) is 6.77. The maximum Gasteiger partial charge on any atom is 0.274 e. The highest BCUT2D eigenvalue weighted by molar-refractivity contribution is 7.91. The third kappa shape index (κ3) is 2.48. The third-order valence-corrected chi connectivity index (χ3v) is 9.42. The highest BCUT2D eigenvalue weighted by atomic mass is 32.2. The SMILES string of the molecule is COc1cnc(C(=O)Nc2ccc3c(c2)[C@@]2(C3)NC(=N)N(C)S(=O)(=O)C23CC3)c(C)c1. The minimum Gasteiger partial charge on any atom is -0.495 e. The first-order valence-electron chi connectivity index (χ1n) is 9.96. The highest BCUT2D eigenvalue weighted by Crippen LogP contribution is 2.63. The summed E-state index contributed by atoms with van der Waals surface area (Å²) >= 11 is 0. The van der Waals surface area contributed by atoms with Crippen LogP contribution in [0.5, 0.6) is 5.75 Å². The molecular formula is C21H23N5O4S. The minimum atomic E-state index is -3.64. The maximum absolute atomic E-state index is 13.1. The molecule has 2 aliphatic carbocycles. The van der Waals surface area contributed by atoms with E-state index < -0.39 is 20.3 Å². The fraction of sp³-hybridized carbons (Fsp3) is 0.381. The van der Waals surface area contributed by atoms with Gasteiger partial charge in [-0.15, -0.1) is 0 Å². The molecule has 2 fully saturated rings. The number of nitrogens with one attached hydrogen (secondary N) is 3. The number of anilines is 1. The second-order valence-corrected chi connectivity index (χ2v) is 10.7. The molecule has 10 heteroatoms. The molecule has 2 aromatic rings. The summed E-state index contributed by atoms with van der Waals surface area (Å²) in [6.45, 7) is 1.78. The van der Waals surface area contributed by atoms with E-state index in [4.69, 9.17) is 10.1 Å². The number of carbonyl (C=O) groups is 1. The first kappa shape index (κ1) is 19.8. The number of fused-ring (bicyclic) bond motifs is 3. The highest BCUT2D eigenvalue weighted by Gasteiger charge is 2.75. The quantitative estimate of drug-likeness (QED) is 0.666. The number of amides is 1. The molecular weight excluding hydrogens is 418 g/mol. The molecule has 1 aromatic carbocycles. The fourth-order valence-electron chi connectivity index (χ4n) is 4.88. The van der Waals surface area contributed by atoms with Crippen LogP contribution in [0.1, 0.15) is 40.0 Å². The molecule has 0 radical (unpaired) electrons. The van der Waals surface area contributed by atoms with Crippen molar-refractivity contribution in [2.45, 2.75) is 36.5 Å². The minimum absolute atomic E-state index is 0.129. The number of ether oxygens (including phenoxy) is 1. The number of aromatic nitrogens is 1. The van der Waals surface area contributed by atoms with Gasteiger partial charge in [0.25, 0.3) is 5.91 Å². The number of benzene rings is 1. The predicted molar refractivity (Wildman–Crippen MR) is 115 cm³/mol. The zero-order chi connectivity index (χ0) is 22.2.